The second-order valence-electron chi connectivity index (χ2n) is 4.39. The van der Waals surface area contributed by atoms with Gasteiger partial charge >= 0.3 is 12.1 Å². The third-order valence-electron chi connectivity index (χ3n) is 2.81. The topological polar surface area (TPSA) is 62.2 Å². The first-order chi connectivity index (χ1) is 9.77. The third-order valence-corrected chi connectivity index (χ3v) is 2.81. The summed E-state index contributed by atoms with van der Waals surface area (Å²) in [5.74, 6) is -1.21. The van der Waals surface area contributed by atoms with Crippen molar-refractivity contribution in [2.24, 2.45) is 0 Å². The summed E-state index contributed by atoms with van der Waals surface area (Å²) in [5, 5.41) is 11.6. The third kappa shape index (κ3) is 3.50. The van der Waals surface area contributed by atoms with Gasteiger partial charge in [0.2, 0.25) is 0 Å². The van der Waals surface area contributed by atoms with Crippen LogP contribution in [0.3, 0.4) is 0 Å². The number of hydrogen-bond donors (Lipinski definition) is 2. The van der Waals surface area contributed by atoms with Crippen molar-refractivity contribution in [3.63, 3.8) is 0 Å². The summed E-state index contributed by atoms with van der Waals surface area (Å²) in [6.45, 7) is 1.38. The van der Waals surface area contributed by atoms with Crippen LogP contribution in [0, 0.1) is 6.92 Å². The number of pyridine rings is 1. The molecule has 2 N–H and O–H groups in total. The number of halogens is 3. The van der Waals surface area contributed by atoms with Crippen LogP contribution in [-0.4, -0.2) is 16.1 Å². The lowest BCUT2D eigenvalue weighted by Crippen LogP contribution is -2.08. The maximum Gasteiger partial charge on any atom is 0.416 e. The van der Waals surface area contributed by atoms with Crippen LogP contribution in [0.25, 0.3) is 0 Å². The molecule has 0 amide bonds. The molecule has 1 heterocycles. The molecule has 0 unspecified atom stereocenters. The molecule has 1 aromatic carbocycles. The lowest BCUT2D eigenvalue weighted by Gasteiger charge is -2.13. The molecule has 21 heavy (non-hydrogen) atoms. The normalized spacial score (nSPS) is 11.2. The summed E-state index contributed by atoms with van der Waals surface area (Å²) in [6, 6.07) is 6.54. The molecule has 4 nitrogen and oxygen atoms in total. The highest BCUT2D eigenvalue weighted by Gasteiger charge is 2.32. The summed E-state index contributed by atoms with van der Waals surface area (Å²) >= 11 is 0. The maximum atomic E-state index is 12.8. The van der Waals surface area contributed by atoms with Crippen molar-refractivity contribution in [3.05, 3.63) is 53.3 Å². The molecule has 110 valence electrons. The summed E-state index contributed by atoms with van der Waals surface area (Å²) in [4.78, 5) is 14.4. The zero-order chi connectivity index (χ0) is 15.6. The van der Waals surface area contributed by atoms with E-state index in [0.29, 0.717) is 5.69 Å². The molecule has 0 bridgehead atoms. The highest BCUT2D eigenvalue weighted by Crippen LogP contribution is 2.34. The van der Waals surface area contributed by atoms with E-state index in [1.807, 2.05) is 0 Å². The van der Waals surface area contributed by atoms with Crippen molar-refractivity contribution >= 4 is 17.3 Å². The van der Waals surface area contributed by atoms with Crippen molar-refractivity contribution < 1.29 is 23.1 Å². The molecule has 0 radical (unpaired) electrons. The fraction of sp³-hybridized carbons (Fsp3) is 0.143. The number of benzene rings is 1. The van der Waals surface area contributed by atoms with Gasteiger partial charge in [0, 0.05) is 17.6 Å². The van der Waals surface area contributed by atoms with Gasteiger partial charge in [0.15, 0.2) is 0 Å². The smallest absolute Gasteiger partial charge is 0.416 e. The number of carboxylic acid groups (broad SMARTS) is 1. The van der Waals surface area contributed by atoms with Gasteiger partial charge in [-0.3, -0.25) is 0 Å². The van der Waals surface area contributed by atoms with Gasteiger partial charge in [-0.05, 0) is 36.8 Å². The molecule has 7 heteroatoms. The number of anilines is 2. The Bertz CT molecular complexity index is 684. The fourth-order valence-electron chi connectivity index (χ4n) is 1.80. The van der Waals surface area contributed by atoms with Gasteiger partial charge in [0.05, 0.1) is 5.56 Å². The molecule has 1 aromatic heterocycles. The number of carboxylic acids is 1. The lowest BCUT2D eigenvalue weighted by molar-refractivity contribution is -0.138. The molecule has 2 rings (SSSR count). The molecule has 0 aliphatic rings. The van der Waals surface area contributed by atoms with Crippen LogP contribution in [0.15, 0.2) is 36.5 Å². The minimum Gasteiger partial charge on any atom is -0.477 e. The molecule has 2 aromatic rings. The fourth-order valence-corrected chi connectivity index (χ4v) is 1.80. The average Bonchev–Trinajstić information content (AvgIpc) is 2.40. The van der Waals surface area contributed by atoms with Gasteiger partial charge < -0.3 is 10.4 Å². The average molecular weight is 296 g/mol. The zero-order valence-electron chi connectivity index (χ0n) is 10.9. The van der Waals surface area contributed by atoms with E-state index in [0.717, 1.165) is 6.07 Å². The number of rotatable bonds is 3. The first-order valence-electron chi connectivity index (χ1n) is 5.91. The first kappa shape index (κ1) is 14.8. The van der Waals surface area contributed by atoms with Crippen molar-refractivity contribution in [2.75, 3.05) is 5.32 Å². The van der Waals surface area contributed by atoms with Crippen molar-refractivity contribution in [1.29, 1.82) is 0 Å². The first-order valence-corrected chi connectivity index (χ1v) is 5.91. The number of aryl methyl sites for hydroxylation is 1. The number of aromatic carboxylic acids is 1. The van der Waals surface area contributed by atoms with Crippen LogP contribution in [0.2, 0.25) is 0 Å². The minimum absolute atomic E-state index is 0.119. The summed E-state index contributed by atoms with van der Waals surface area (Å²) in [5.41, 5.74) is -0.244. The molecule has 0 saturated carbocycles. The van der Waals surface area contributed by atoms with Crippen LogP contribution in [0.1, 0.15) is 21.6 Å². The summed E-state index contributed by atoms with van der Waals surface area (Å²) in [7, 11) is 0. The highest BCUT2D eigenvalue weighted by atomic mass is 19.4. The van der Waals surface area contributed by atoms with Crippen LogP contribution < -0.4 is 5.32 Å². The lowest BCUT2D eigenvalue weighted by atomic mass is 10.1. The van der Waals surface area contributed by atoms with Gasteiger partial charge in [0.1, 0.15) is 5.69 Å². The second-order valence-corrected chi connectivity index (χ2v) is 4.39. The second kappa shape index (κ2) is 5.43. The monoisotopic (exact) mass is 296 g/mol. The van der Waals surface area contributed by atoms with Crippen molar-refractivity contribution in [1.82, 2.24) is 4.98 Å². The van der Waals surface area contributed by atoms with Crippen LogP contribution in [0.5, 0.6) is 0 Å². The van der Waals surface area contributed by atoms with Crippen LogP contribution in [0.4, 0.5) is 24.5 Å². The van der Waals surface area contributed by atoms with Crippen LogP contribution in [-0.2, 0) is 6.18 Å². The molecule has 0 fully saturated rings. The summed E-state index contributed by atoms with van der Waals surface area (Å²) in [6.07, 6.45) is -3.17. The van der Waals surface area contributed by atoms with E-state index in [2.05, 4.69) is 10.3 Å². The number of hydrogen-bond acceptors (Lipinski definition) is 3. The Balaban J connectivity index is 2.32. The van der Waals surface area contributed by atoms with E-state index >= 15 is 0 Å². The minimum atomic E-state index is -4.44. The molecule has 0 atom stereocenters. The van der Waals surface area contributed by atoms with E-state index in [-0.39, 0.29) is 16.9 Å². The van der Waals surface area contributed by atoms with E-state index in [9.17, 15) is 18.0 Å². The predicted octanol–water partition coefficient (Wildman–Crippen LogP) is 3.85. The zero-order valence-corrected chi connectivity index (χ0v) is 10.9. The number of nitrogens with one attached hydrogen (secondary N) is 1. The molecular formula is C14H11F3N2O2. The number of carbonyl (C=O) groups is 1. The Morgan fingerprint density at radius 2 is 1.86 bits per heavy atom. The van der Waals surface area contributed by atoms with E-state index in [1.54, 1.807) is 0 Å². The van der Waals surface area contributed by atoms with Crippen molar-refractivity contribution in [2.45, 2.75) is 13.1 Å². The predicted molar refractivity (Wildman–Crippen MR) is 70.7 cm³/mol. The molecule has 0 saturated heterocycles. The Morgan fingerprint density at radius 1 is 1.19 bits per heavy atom. The Morgan fingerprint density at radius 3 is 2.48 bits per heavy atom. The summed E-state index contributed by atoms with van der Waals surface area (Å²) < 4.78 is 38.5. The van der Waals surface area contributed by atoms with E-state index in [4.69, 9.17) is 5.11 Å². The Kier molecular flexibility index (Phi) is 3.84. The number of aromatic nitrogens is 1. The quantitative estimate of drug-likeness (QED) is 0.903. The molecule has 0 aliphatic carbocycles. The standard InChI is InChI=1S/C14H11F3N2O2/c1-8-2-3-9(6-11(8)14(15,16)17)19-10-4-5-18-12(7-10)13(20)21/h2-7H,1H3,(H,18,19)(H,20,21). The Hall–Kier alpha value is -2.57. The van der Waals surface area contributed by atoms with Gasteiger partial charge in [-0.15, -0.1) is 0 Å². The number of alkyl halides is 3. The van der Waals surface area contributed by atoms with Gasteiger partial charge in [-0.2, -0.15) is 13.2 Å². The van der Waals surface area contributed by atoms with Gasteiger partial charge in [-0.25, -0.2) is 9.78 Å². The SMILES string of the molecule is Cc1ccc(Nc2ccnc(C(=O)O)c2)cc1C(F)(F)F. The highest BCUT2D eigenvalue weighted by molar-refractivity contribution is 5.86. The van der Waals surface area contributed by atoms with E-state index < -0.39 is 17.7 Å². The van der Waals surface area contributed by atoms with E-state index in [1.165, 1.54) is 37.4 Å². The molecular weight excluding hydrogens is 285 g/mol. The van der Waals surface area contributed by atoms with Crippen LogP contribution >= 0.6 is 0 Å². The Labute approximate surface area is 118 Å². The van der Waals surface area contributed by atoms with Gasteiger partial charge in [0.25, 0.3) is 0 Å². The number of nitrogens with zero attached hydrogens (tertiary/aromatic N) is 1. The molecule has 0 aliphatic heterocycles. The van der Waals surface area contributed by atoms with Crippen molar-refractivity contribution in [3.8, 4) is 0 Å². The largest absolute Gasteiger partial charge is 0.477 e. The molecule has 0 spiro atoms. The maximum absolute atomic E-state index is 12.8. The van der Waals surface area contributed by atoms with Gasteiger partial charge in [-0.1, -0.05) is 6.07 Å².